The summed E-state index contributed by atoms with van der Waals surface area (Å²) in [7, 11) is 3.08. The van der Waals surface area contributed by atoms with Crippen LogP contribution in [0.3, 0.4) is 0 Å². The first-order valence-electron chi connectivity index (χ1n) is 7.34. The van der Waals surface area contributed by atoms with Crippen molar-refractivity contribution in [3.8, 4) is 11.5 Å². The molecule has 0 radical (unpaired) electrons. The summed E-state index contributed by atoms with van der Waals surface area (Å²) in [5.41, 5.74) is 2.50. The maximum atomic E-state index is 13.5. The van der Waals surface area contributed by atoms with Gasteiger partial charge in [0.1, 0.15) is 5.82 Å². The number of hydrogen-bond acceptors (Lipinski definition) is 3. The van der Waals surface area contributed by atoms with Gasteiger partial charge in [-0.05, 0) is 36.8 Å². The van der Waals surface area contributed by atoms with Gasteiger partial charge in [-0.15, -0.1) is 0 Å². The third kappa shape index (κ3) is 2.78. The lowest BCUT2D eigenvalue weighted by Crippen LogP contribution is -2.12. The first-order chi connectivity index (χ1) is 11.5. The highest BCUT2D eigenvalue weighted by Gasteiger charge is 2.15. The van der Waals surface area contributed by atoms with Gasteiger partial charge in [-0.3, -0.25) is 4.79 Å². The molecule has 3 rings (SSSR count). The van der Waals surface area contributed by atoms with E-state index in [1.54, 1.807) is 31.5 Å². The third-order valence-corrected chi connectivity index (χ3v) is 3.87. The number of carbonyl (C=O) groups excluding carboxylic acids is 1. The van der Waals surface area contributed by atoms with Gasteiger partial charge >= 0.3 is 0 Å². The second-order valence-electron chi connectivity index (χ2n) is 5.37. The van der Waals surface area contributed by atoms with Gasteiger partial charge in [-0.1, -0.05) is 0 Å². The van der Waals surface area contributed by atoms with Crippen molar-refractivity contribution in [3.05, 3.63) is 53.5 Å². The molecule has 0 unspecified atom stereocenters. The molecule has 2 aromatic carbocycles. The molecule has 6 heteroatoms. The number of carbonyl (C=O) groups is 1. The number of nitrogens with one attached hydrogen (secondary N) is 2. The van der Waals surface area contributed by atoms with Gasteiger partial charge in [0.15, 0.2) is 11.5 Å². The number of aromatic nitrogens is 1. The number of aryl methyl sites for hydroxylation is 1. The van der Waals surface area contributed by atoms with Crippen molar-refractivity contribution >= 4 is 22.5 Å². The van der Waals surface area contributed by atoms with Gasteiger partial charge in [0, 0.05) is 28.9 Å². The van der Waals surface area contributed by atoms with E-state index >= 15 is 0 Å². The SMILES string of the molecule is COc1cc(C)c(NC(=O)c2c[nH]c3ccc(F)cc23)cc1OC. The highest BCUT2D eigenvalue weighted by Crippen LogP contribution is 2.33. The number of benzene rings is 2. The molecule has 1 amide bonds. The quantitative estimate of drug-likeness (QED) is 0.764. The highest BCUT2D eigenvalue weighted by molar-refractivity contribution is 6.13. The highest BCUT2D eigenvalue weighted by atomic mass is 19.1. The molecule has 0 bridgehead atoms. The first-order valence-corrected chi connectivity index (χ1v) is 7.34. The first kappa shape index (κ1) is 15.9. The van der Waals surface area contributed by atoms with Crippen molar-refractivity contribution < 1.29 is 18.7 Å². The lowest BCUT2D eigenvalue weighted by molar-refractivity contribution is 0.102. The number of amides is 1. The Bertz CT molecular complexity index is 918. The Hall–Kier alpha value is -3.02. The molecule has 5 nitrogen and oxygen atoms in total. The smallest absolute Gasteiger partial charge is 0.257 e. The number of methoxy groups -OCH3 is 2. The van der Waals surface area contributed by atoms with Crippen LogP contribution in [0.25, 0.3) is 10.9 Å². The van der Waals surface area contributed by atoms with E-state index in [-0.39, 0.29) is 5.91 Å². The number of ether oxygens (including phenoxy) is 2. The van der Waals surface area contributed by atoms with E-state index in [1.807, 2.05) is 6.92 Å². The Morgan fingerprint density at radius 1 is 1.12 bits per heavy atom. The van der Waals surface area contributed by atoms with Crippen LogP contribution < -0.4 is 14.8 Å². The summed E-state index contributed by atoms with van der Waals surface area (Å²) in [5.74, 6) is 0.381. The number of H-pyrrole nitrogens is 1. The average molecular weight is 328 g/mol. The molecule has 0 atom stereocenters. The summed E-state index contributed by atoms with van der Waals surface area (Å²) in [6, 6.07) is 7.76. The number of halogens is 1. The minimum atomic E-state index is -0.390. The molecule has 0 aliphatic rings. The van der Waals surface area contributed by atoms with Crippen LogP contribution in [0.4, 0.5) is 10.1 Å². The zero-order valence-corrected chi connectivity index (χ0v) is 13.6. The zero-order valence-electron chi connectivity index (χ0n) is 13.6. The molecule has 1 aromatic heterocycles. The van der Waals surface area contributed by atoms with Gasteiger partial charge in [0.25, 0.3) is 5.91 Å². The molecular formula is C18H17FN2O3. The summed E-state index contributed by atoms with van der Waals surface area (Å²) in [5, 5.41) is 3.37. The van der Waals surface area contributed by atoms with Crippen molar-refractivity contribution in [3.63, 3.8) is 0 Å². The topological polar surface area (TPSA) is 63.3 Å². The van der Waals surface area contributed by atoms with E-state index in [0.29, 0.717) is 33.7 Å². The monoisotopic (exact) mass is 328 g/mol. The predicted octanol–water partition coefficient (Wildman–Crippen LogP) is 3.88. The van der Waals surface area contributed by atoms with Crippen molar-refractivity contribution in [2.45, 2.75) is 6.92 Å². The van der Waals surface area contributed by atoms with Gasteiger partial charge in [-0.25, -0.2) is 4.39 Å². The molecule has 3 aromatic rings. The molecule has 0 saturated heterocycles. The van der Waals surface area contributed by atoms with Crippen LogP contribution in [0, 0.1) is 12.7 Å². The van der Waals surface area contributed by atoms with Crippen molar-refractivity contribution in [2.75, 3.05) is 19.5 Å². The van der Waals surface area contributed by atoms with Gasteiger partial charge in [0.05, 0.1) is 19.8 Å². The fourth-order valence-corrected chi connectivity index (χ4v) is 2.59. The Balaban J connectivity index is 1.95. The van der Waals surface area contributed by atoms with Crippen LogP contribution in [0.2, 0.25) is 0 Å². The van der Waals surface area contributed by atoms with Crippen LogP contribution in [-0.4, -0.2) is 25.1 Å². The second-order valence-corrected chi connectivity index (χ2v) is 5.37. The fraction of sp³-hybridized carbons (Fsp3) is 0.167. The third-order valence-electron chi connectivity index (χ3n) is 3.87. The van der Waals surface area contributed by atoms with Crippen LogP contribution in [0.5, 0.6) is 11.5 Å². The van der Waals surface area contributed by atoms with Crippen LogP contribution in [-0.2, 0) is 0 Å². The predicted molar refractivity (Wildman–Crippen MR) is 90.5 cm³/mol. The number of hydrogen-bond donors (Lipinski definition) is 2. The summed E-state index contributed by atoms with van der Waals surface area (Å²) >= 11 is 0. The molecule has 0 aliphatic heterocycles. The molecule has 2 N–H and O–H groups in total. The van der Waals surface area contributed by atoms with E-state index in [1.165, 1.54) is 19.2 Å². The second kappa shape index (κ2) is 6.23. The standard InChI is InChI=1S/C18H17FN2O3/c1-10-6-16(23-2)17(24-3)8-15(10)21-18(22)13-9-20-14-5-4-11(19)7-12(13)14/h4-9,20H,1-3H3,(H,21,22). The van der Waals surface area contributed by atoms with Crippen LogP contribution in [0.15, 0.2) is 36.5 Å². The molecule has 0 spiro atoms. The Morgan fingerprint density at radius 2 is 1.83 bits per heavy atom. The molecule has 24 heavy (non-hydrogen) atoms. The van der Waals surface area contributed by atoms with E-state index in [0.717, 1.165) is 5.56 Å². The van der Waals surface area contributed by atoms with Crippen molar-refractivity contribution in [2.24, 2.45) is 0 Å². The Labute approximate surface area is 138 Å². The van der Waals surface area contributed by atoms with E-state index in [4.69, 9.17) is 9.47 Å². The van der Waals surface area contributed by atoms with Gasteiger partial charge < -0.3 is 19.8 Å². The molecule has 1 heterocycles. The summed E-state index contributed by atoms with van der Waals surface area (Å²) in [6.07, 6.45) is 1.57. The Kier molecular flexibility index (Phi) is 4.12. The molecule has 124 valence electrons. The minimum Gasteiger partial charge on any atom is -0.493 e. The lowest BCUT2D eigenvalue weighted by atomic mass is 10.1. The number of aromatic amines is 1. The molecule has 0 saturated carbocycles. The molecular weight excluding hydrogens is 311 g/mol. The maximum absolute atomic E-state index is 13.5. The fourth-order valence-electron chi connectivity index (χ4n) is 2.59. The van der Waals surface area contributed by atoms with E-state index in [2.05, 4.69) is 10.3 Å². The van der Waals surface area contributed by atoms with Crippen LogP contribution in [0.1, 0.15) is 15.9 Å². The zero-order chi connectivity index (χ0) is 17.3. The number of fused-ring (bicyclic) bond motifs is 1. The summed E-state index contributed by atoms with van der Waals surface area (Å²) < 4.78 is 23.9. The van der Waals surface area contributed by atoms with Crippen molar-refractivity contribution in [1.29, 1.82) is 0 Å². The van der Waals surface area contributed by atoms with Gasteiger partial charge in [-0.2, -0.15) is 0 Å². The normalized spacial score (nSPS) is 10.7. The summed E-state index contributed by atoms with van der Waals surface area (Å²) in [4.78, 5) is 15.5. The van der Waals surface area contributed by atoms with E-state index in [9.17, 15) is 9.18 Å². The minimum absolute atomic E-state index is 0.331. The molecule has 0 fully saturated rings. The average Bonchev–Trinajstić information content (AvgIpc) is 2.99. The number of anilines is 1. The van der Waals surface area contributed by atoms with Gasteiger partial charge in [0.2, 0.25) is 0 Å². The largest absolute Gasteiger partial charge is 0.493 e. The maximum Gasteiger partial charge on any atom is 0.257 e. The number of rotatable bonds is 4. The van der Waals surface area contributed by atoms with Crippen molar-refractivity contribution in [1.82, 2.24) is 4.98 Å². The Morgan fingerprint density at radius 3 is 2.54 bits per heavy atom. The summed E-state index contributed by atoms with van der Waals surface area (Å²) in [6.45, 7) is 1.85. The molecule has 0 aliphatic carbocycles. The van der Waals surface area contributed by atoms with E-state index < -0.39 is 5.82 Å². The van der Waals surface area contributed by atoms with Crippen LogP contribution >= 0.6 is 0 Å². The lowest BCUT2D eigenvalue weighted by Gasteiger charge is -2.13.